The molecule has 2 heteroatoms. The summed E-state index contributed by atoms with van der Waals surface area (Å²) in [6.07, 6.45) is 0. The lowest BCUT2D eigenvalue weighted by atomic mass is 9.95. The molecule has 2 nitrogen and oxygen atoms in total. The summed E-state index contributed by atoms with van der Waals surface area (Å²) in [6.45, 7) is 2.26. The molecule has 0 saturated heterocycles. The monoisotopic (exact) mass is 501 g/mol. The molecule has 0 saturated carbocycles. The van der Waals surface area contributed by atoms with Crippen LogP contribution < -0.4 is 4.57 Å². The molecule has 0 N–H and O–H groups in total. The third kappa shape index (κ3) is 3.76. The predicted molar refractivity (Wildman–Crippen MR) is 163 cm³/mol. The van der Waals surface area contributed by atoms with Crippen molar-refractivity contribution >= 4 is 21.8 Å². The molecule has 7 rings (SSSR count). The molecule has 2 aromatic heterocycles. The zero-order valence-corrected chi connectivity index (χ0v) is 22.2. The molecule has 0 unspecified atom stereocenters. The van der Waals surface area contributed by atoms with Crippen molar-refractivity contribution in [1.29, 1.82) is 0 Å². The Bertz CT molecular complexity index is 1910. The van der Waals surface area contributed by atoms with Crippen molar-refractivity contribution in [3.63, 3.8) is 0 Å². The van der Waals surface area contributed by atoms with E-state index < -0.39 is 0 Å². The molecular formula is C37H29N2+. The summed E-state index contributed by atoms with van der Waals surface area (Å²) in [4.78, 5) is 0. The molecule has 39 heavy (non-hydrogen) atoms. The number of nitrogens with zero attached hydrogens (tertiary/aromatic N) is 2. The zero-order chi connectivity index (χ0) is 26.3. The van der Waals surface area contributed by atoms with Crippen LogP contribution in [0, 0.1) is 6.92 Å². The van der Waals surface area contributed by atoms with Crippen LogP contribution in [0.5, 0.6) is 0 Å². The average Bonchev–Trinajstić information content (AvgIpc) is 3.29. The second-order valence-corrected chi connectivity index (χ2v) is 10.1. The van der Waals surface area contributed by atoms with Gasteiger partial charge in [-0.25, -0.2) is 0 Å². The van der Waals surface area contributed by atoms with E-state index in [1.54, 1.807) is 0 Å². The van der Waals surface area contributed by atoms with Gasteiger partial charge in [0, 0.05) is 34.0 Å². The summed E-state index contributed by atoms with van der Waals surface area (Å²) >= 11 is 0. The second kappa shape index (κ2) is 9.41. The number of hydrogen-bond acceptors (Lipinski definition) is 0. The molecule has 0 aliphatic heterocycles. The van der Waals surface area contributed by atoms with Crippen LogP contribution in [0.2, 0.25) is 0 Å². The number of aromatic nitrogens is 2. The van der Waals surface area contributed by atoms with Crippen LogP contribution in [0.3, 0.4) is 0 Å². The standard InChI is InChI=1S/C37H29N2/c1-26-30-19-10-12-23-34(30)39(36(26)35-25-24-29-18-9-11-22-33(29)38(35)2)37-31(27-14-5-3-6-15-27)20-13-21-32(37)28-16-7-4-8-17-28/h3-25H,1-2H3/q+1. The quantitative estimate of drug-likeness (QED) is 0.213. The molecule has 0 atom stereocenters. The smallest absolute Gasteiger partial charge is 0.230 e. The molecule has 0 aliphatic rings. The van der Waals surface area contributed by atoms with Crippen LogP contribution >= 0.6 is 0 Å². The maximum Gasteiger partial charge on any atom is 0.230 e. The van der Waals surface area contributed by atoms with Crippen molar-refractivity contribution in [2.75, 3.05) is 0 Å². The van der Waals surface area contributed by atoms with Gasteiger partial charge in [0.05, 0.1) is 11.2 Å². The van der Waals surface area contributed by atoms with Crippen molar-refractivity contribution in [3.05, 3.63) is 145 Å². The lowest BCUT2D eigenvalue weighted by molar-refractivity contribution is -0.633. The number of hydrogen-bond donors (Lipinski definition) is 0. The van der Waals surface area contributed by atoms with Crippen molar-refractivity contribution in [1.82, 2.24) is 4.57 Å². The van der Waals surface area contributed by atoms with Gasteiger partial charge in [-0.15, -0.1) is 0 Å². The van der Waals surface area contributed by atoms with Crippen LogP contribution in [0.4, 0.5) is 0 Å². The third-order valence-corrected chi connectivity index (χ3v) is 7.88. The number of para-hydroxylation sites is 3. The molecule has 186 valence electrons. The Morgan fingerprint density at radius 1 is 0.538 bits per heavy atom. The van der Waals surface area contributed by atoms with Crippen LogP contribution in [-0.2, 0) is 7.05 Å². The van der Waals surface area contributed by atoms with Crippen molar-refractivity contribution in [3.8, 4) is 39.3 Å². The van der Waals surface area contributed by atoms with Crippen LogP contribution in [0.1, 0.15) is 5.56 Å². The number of pyridine rings is 1. The van der Waals surface area contributed by atoms with E-state index in [0.29, 0.717) is 0 Å². The van der Waals surface area contributed by atoms with E-state index in [4.69, 9.17) is 0 Å². The third-order valence-electron chi connectivity index (χ3n) is 7.88. The van der Waals surface area contributed by atoms with Gasteiger partial charge in [-0.3, -0.25) is 0 Å². The molecule has 0 radical (unpaired) electrons. The first-order valence-electron chi connectivity index (χ1n) is 13.4. The Morgan fingerprint density at radius 2 is 1.13 bits per heavy atom. The maximum atomic E-state index is 2.50. The van der Waals surface area contributed by atoms with Gasteiger partial charge in [-0.1, -0.05) is 109 Å². The normalized spacial score (nSPS) is 11.3. The minimum atomic E-state index is 1.18. The highest BCUT2D eigenvalue weighted by Gasteiger charge is 2.27. The summed E-state index contributed by atoms with van der Waals surface area (Å²) in [7, 11) is 2.18. The number of fused-ring (bicyclic) bond motifs is 2. The highest BCUT2D eigenvalue weighted by molar-refractivity contribution is 5.97. The van der Waals surface area contributed by atoms with Gasteiger partial charge in [-0.2, -0.15) is 4.57 Å². The molecule has 0 aliphatic carbocycles. The summed E-state index contributed by atoms with van der Waals surface area (Å²) in [5, 5.41) is 2.50. The fourth-order valence-corrected chi connectivity index (χ4v) is 6.01. The summed E-state index contributed by atoms with van der Waals surface area (Å²) in [5.41, 5.74) is 12.1. The molecule has 0 bridgehead atoms. The second-order valence-electron chi connectivity index (χ2n) is 10.1. The average molecular weight is 502 g/mol. The first-order chi connectivity index (χ1) is 19.2. The van der Waals surface area contributed by atoms with Crippen LogP contribution in [-0.4, -0.2) is 4.57 Å². The molecule has 5 aromatic carbocycles. The highest BCUT2D eigenvalue weighted by Crippen LogP contribution is 2.42. The molecule has 2 heterocycles. The Kier molecular flexibility index (Phi) is 5.60. The molecule has 0 fully saturated rings. The lowest BCUT2D eigenvalue weighted by Gasteiger charge is -2.20. The van der Waals surface area contributed by atoms with Crippen LogP contribution in [0.15, 0.2) is 140 Å². The highest BCUT2D eigenvalue weighted by atomic mass is 15.0. The number of rotatable bonds is 4. The Morgan fingerprint density at radius 3 is 1.82 bits per heavy atom. The fraction of sp³-hybridized carbons (Fsp3) is 0.0541. The Hall–Kier alpha value is -4.95. The summed E-state index contributed by atoms with van der Waals surface area (Å²) in [6, 6.07) is 50.1. The van der Waals surface area contributed by atoms with Gasteiger partial charge in [0.15, 0.2) is 0 Å². The topological polar surface area (TPSA) is 8.81 Å². The van der Waals surface area contributed by atoms with E-state index in [9.17, 15) is 0 Å². The minimum absolute atomic E-state index is 1.18. The van der Waals surface area contributed by atoms with Crippen molar-refractivity contribution in [2.24, 2.45) is 7.05 Å². The van der Waals surface area contributed by atoms with E-state index in [0.717, 1.165) is 0 Å². The molecule has 0 spiro atoms. The lowest BCUT2D eigenvalue weighted by Crippen LogP contribution is -2.32. The van der Waals surface area contributed by atoms with Crippen molar-refractivity contribution in [2.45, 2.75) is 6.92 Å². The minimum Gasteiger partial charge on any atom is -0.303 e. The molecular weight excluding hydrogens is 472 g/mol. The van der Waals surface area contributed by atoms with Gasteiger partial charge < -0.3 is 4.57 Å². The SMILES string of the molecule is Cc1c(-c2ccc3ccccc3[n+]2C)n(-c2c(-c3ccccc3)cccc2-c2ccccc2)c2ccccc12. The van der Waals surface area contributed by atoms with Crippen molar-refractivity contribution < 1.29 is 4.57 Å². The van der Waals surface area contributed by atoms with Gasteiger partial charge >= 0.3 is 0 Å². The Balaban J connectivity index is 1.66. The first-order valence-corrected chi connectivity index (χ1v) is 13.4. The summed E-state index contributed by atoms with van der Waals surface area (Å²) < 4.78 is 4.83. The predicted octanol–water partition coefficient (Wildman–Crippen LogP) is 8.92. The van der Waals surface area contributed by atoms with Gasteiger partial charge in [0.1, 0.15) is 12.7 Å². The van der Waals surface area contributed by atoms with E-state index >= 15 is 0 Å². The fourth-order valence-electron chi connectivity index (χ4n) is 6.01. The number of benzene rings is 5. The van der Waals surface area contributed by atoms with E-state index in [1.165, 1.54) is 66.7 Å². The largest absolute Gasteiger partial charge is 0.303 e. The Labute approximate surface area is 229 Å². The first kappa shape index (κ1) is 23.2. The molecule has 0 amide bonds. The van der Waals surface area contributed by atoms with E-state index in [1.807, 2.05) is 0 Å². The number of aryl methyl sites for hydroxylation is 2. The summed E-state index contributed by atoms with van der Waals surface area (Å²) in [5.74, 6) is 0. The van der Waals surface area contributed by atoms with E-state index in [-0.39, 0.29) is 0 Å². The van der Waals surface area contributed by atoms with E-state index in [2.05, 4.69) is 163 Å². The zero-order valence-electron chi connectivity index (χ0n) is 22.2. The van der Waals surface area contributed by atoms with Crippen LogP contribution in [0.25, 0.3) is 61.1 Å². The molecule has 7 aromatic rings. The van der Waals surface area contributed by atoms with Gasteiger partial charge in [0.2, 0.25) is 11.2 Å². The van der Waals surface area contributed by atoms with Gasteiger partial charge in [-0.05, 0) is 41.8 Å². The maximum absolute atomic E-state index is 2.50. The van der Waals surface area contributed by atoms with Gasteiger partial charge in [0.25, 0.3) is 0 Å².